The molecule has 0 bridgehead atoms. The molecule has 2 aliphatic rings. The van der Waals surface area contributed by atoms with Crippen molar-refractivity contribution in [2.45, 2.75) is 32.7 Å². The fourth-order valence-corrected chi connectivity index (χ4v) is 4.09. The number of hydrogen-bond donors (Lipinski definition) is 1. The molecule has 11 nitrogen and oxygen atoms in total. The van der Waals surface area contributed by atoms with E-state index in [2.05, 4.69) is 20.4 Å². The van der Waals surface area contributed by atoms with Crippen LogP contribution in [0.3, 0.4) is 0 Å². The Hall–Kier alpha value is -3.99. The van der Waals surface area contributed by atoms with E-state index >= 15 is 0 Å². The number of urea groups is 2. The first-order chi connectivity index (χ1) is 17.6. The number of anilines is 1. The van der Waals surface area contributed by atoms with Crippen LogP contribution in [0.25, 0.3) is 11.3 Å². The molecule has 0 atom stereocenters. The lowest BCUT2D eigenvalue weighted by molar-refractivity contribution is 0.0510. The molecule has 0 radical (unpaired) electrons. The van der Waals surface area contributed by atoms with Gasteiger partial charge in [-0.15, -0.1) is 0 Å². The molecule has 2 saturated heterocycles. The second-order valence-corrected chi connectivity index (χ2v) is 8.16. The van der Waals surface area contributed by atoms with E-state index in [4.69, 9.17) is 9.47 Å². The molecule has 0 saturated carbocycles. The van der Waals surface area contributed by atoms with E-state index in [1.807, 2.05) is 33.2 Å². The van der Waals surface area contributed by atoms with Gasteiger partial charge in [0.15, 0.2) is 0 Å². The maximum absolute atomic E-state index is 12.7. The quantitative estimate of drug-likeness (QED) is 0.558. The van der Waals surface area contributed by atoms with Crippen LogP contribution in [0.2, 0.25) is 0 Å². The Morgan fingerprint density at radius 1 is 1.11 bits per heavy atom. The smallest absolute Gasteiger partial charge is 0.331 e. The summed E-state index contributed by atoms with van der Waals surface area (Å²) in [5.74, 6) is 1.44. The molecule has 5 heterocycles. The average molecular weight is 496 g/mol. The van der Waals surface area contributed by atoms with Gasteiger partial charge < -0.3 is 14.4 Å². The largest absolute Gasteiger partial charge is 0.456 e. The van der Waals surface area contributed by atoms with Gasteiger partial charge in [-0.1, -0.05) is 13.8 Å². The fourth-order valence-electron chi connectivity index (χ4n) is 4.09. The highest BCUT2D eigenvalue weighted by Gasteiger charge is 2.37. The highest BCUT2D eigenvalue weighted by Crippen LogP contribution is 2.26. The third kappa shape index (κ3) is 5.80. The Kier molecular flexibility index (Phi) is 8.11. The minimum atomic E-state index is -0.490. The SMILES string of the molecule is CC.Cn1cc(-c2cc(Oc3ccc(NC(=O)N4CCN(C5CCOCC5)C4=O)nc3)ccn2)cn1.[HH]. The van der Waals surface area contributed by atoms with Crippen molar-refractivity contribution in [1.82, 2.24) is 29.5 Å². The molecule has 3 aromatic heterocycles. The van der Waals surface area contributed by atoms with Crippen molar-refractivity contribution in [3.8, 4) is 22.8 Å². The summed E-state index contributed by atoms with van der Waals surface area (Å²) in [5, 5.41) is 6.85. The lowest BCUT2D eigenvalue weighted by Gasteiger charge is -2.30. The minimum absolute atomic E-state index is 0. The van der Waals surface area contributed by atoms with Crippen LogP contribution in [0.5, 0.6) is 11.5 Å². The summed E-state index contributed by atoms with van der Waals surface area (Å²) >= 11 is 0. The third-order valence-corrected chi connectivity index (χ3v) is 5.86. The number of ether oxygens (including phenoxy) is 2. The van der Waals surface area contributed by atoms with Crippen molar-refractivity contribution in [2.75, 3.05) is 31.6 Å². The maximum atomic E-state index is 12.7. The fraction of sp³-hybridized carbons (Fsp3) is 0.400. The standard InChI is InChI=1S/C23H25N7O4.C2H6.H2/c1-28-15-16(13-26-28)20-12-18(4-7-24-20)34-19-2-3-21(25-14-19)27-22(31)30-9-8-29(23(30)32)17-5-10-33-11-6-17;1-2;/h2-4,7,12-15,17H,5-6,8-11H2,1H3,(H,25,27,31);1-2H3;1H. The van der Waals surface area contributed by atoms with Gasteiger partial charge in [-0.25, -0.2) is 19.5 Å². The van der Waals surface area contributed by atoms with Crippen LogP contribution in [0.15, 0.2) is 49.1 Å². The highest BCUT2D eigenvalue weighted by molar-refractivity contribution is 6.01. The van der Waals surface area contributed by atoms with E-state index in [9.17, 15) is 9.59 Å². The summed E-state index contributed by atoms with van der Waals surface area (Å²) in [6.07, 6.45) is 8.38. The Labute approximate surface area is 211 Å². The van der Waals surface area contributed by atoms with Crippen molar-refractivity contribution in [3.63, 3.8) is 0 Å². The van der Waals surface area contributed by atoms with Gasteiger partial charge in [0.1, 0.15) is 17.3 Å². The summed E-state index contributed by atoms with van der Waals surface area (Å²) in [5.41, 5.74) is 1.63. The van der Waals surface area contributed by atoms with Gasteiger partial charge in [0.25, 0.3) is 0 Å². The molecule has 0 spiro atoms. The number of aromatic nitrogens is 4. The molecule has 192 valence electrons. The molecule has 0 aromatic carbocycles. The summed E-state index contributed by atoms with van der Waals surface area (Å²) in [6, 6.07) is 6.26. The number of carbonyl (C=O) groups excluding carboxylic acids is 2. The highest BCUT2D eigenvalue weighted by atomic mass is 16.5. The Morgan fingerprint density at radius 2 is 1.92 bits per heavy atom. The Bertz CT molecular complexity index is 1180. The molecule has 4 amide bonds. The van der Waals surface area contributed by atoms with E-state index in [0.29, 0.717) is 43.6 Å². The normalized spacial score (nSPS) is 15.9. The first-order valence-electron chi connectivity index (χ1n) is 12.1. The predicted molar refractivity (Wildman–Crippen MR) is 136 cm³/mol. The molecule has 0 aliphatic carbocycles. The molecule has 3 aromatic rings. The van der Waals surface area contributed by atoms with Crippen LogP contribution in [-0.4, -0.2) is 74.0 Å². The Morgan fingerprint density at radius 3 is 2.61 bits per heavy atom. The van der Waals surface area contributed by atoms with Crippen molar-refractivity contribution in [2.24, 2.45) is 7.05 Å². The molecule has 36 heavy (non-hydrogen) atoms. The zero-order valence-electron chi connectivity index (χ0n) is 20.8. The number of aryl methyl sites for hydroxylation is 1. The number of carbonyl (C=O) groups is 2. The monoisotopic (exact) mass is 495 g/mol. The van der Waals surface area contributed by atoms with Gasteiger partial charge >= 0.3 is 12.1 Å². The van der Waals surface area contributed by atoms with Crippen LogP contribution >= 0.6 is 0 Å². The van der Waals surface area contributed by atoms with E-state index in [1.165, 1.54) is 11.1 Å². The zero-order valence-corrected chi connectivity index (χ0v) is 20.8. The number of pyridine rings is 2. The molecule has 1 N–H and O–H groups in total. The molecule has 2 fully saturated rings. The first-order valence-corrected chi connectivity index (χ1v) is 12.1. The zero-order chi connectivity index (χ0) is 25.5. The van der Waals surface area contributed by atoms with Gasteiger partial charge in [0.05, 0.1) is 18.1 Å². The number of amides is 4. The lowest BCUT2D eigenvalue weighted by atomic mass is 10.1. The molecule has 11 heteroatoms. The van der Waals surface area contributed by atoms with Crippen molar-refractivity contribution < 1.29 is 20.5 Å². The second kappa shape index (κ2) is 11.6. The molecule has 0 unspecified atom stereocenters. The molecular formula is C25H33N7O4. The average Bonchev–Trinajstić information content (AvgIpc) is 3.53. The predicted octanol–water partition coefficient (Wildman–Crippen LogP) is 4.39. The van der Waals surface area contributed by atoms with Crippen molar-refractivity contribution in [3.05, 3.63) is 49.1 Å². The molecule has 5 rings (SSSR count). The maximum Gasteiger partial charge on any atom is 0.331 e. The van der Waals surface area contributed by atoms with Crippen molar-refractivity contribution in [1.29, 1.82) is 0 Å². The summed E-state index contributed by atoms with van der Waals surface area (Å²) < 4.78 is 13.0. The first kappa shape index (κ1) is 25.1. The lowest BCUT2D eigenvalue weighted by Crippen LogP contribution is -2.44. The van der Waals surface area contributed by atoms with Gasteiger partial charge in [0.2, 0.25) is 0 Å². The topological polar surface area (TPSA) is 115 Å². The summed E-state index contributed by atoms with van der Waals surface area (Å²) in [7, 11) is 1.84. The van der Waals surface area contributed by atoms with E-state index in [-0.39, 0.29) is 13.5 Å². The third-order valence-electron chi connectivity index (χ3n) is 5.86. The van der Waals surface area contributed by atoms with Crippen LogP contribution in [0.1, 0.15) is 28.1 Å². The van der Waals surface area contributed by atoms with E-state index in [1.54, 1.807) is 40.2 Å². The number of nitrogens with zero attached hydrogens (tertiary/aromatic N) is 6. The van der Waals surface area contributed by atoms with Crippen LogP contribution in [0.4, 0.5) is 15.4 Å². The minimum Gasteiger partial charge on any atom is -0.456 e. The number of hydrogen-bond acceptors (Lipinski definition) is 7. The van der Waals surface area contributed by atoms with Gasteiger partial charge in [-0.2, -0.15) is 5.10 Å². The summed E-state index contributed by atoms with van der Waals surface area (Å²) in [6.45, 7) is 6.17. The van der Waals surface area contributed by atoms with Gasteiger partial charge in [-0.3, -0.25) is 15.0 Å². The summed E-state index contributed by atoms with van der Waals surface area (Å²) in [4.78, 5) is 37.0. The second-order valence-electron chi connectivity index (χ2n) is 8.16. The van der Waals surface area contributed by atoms with Crippen LogP contribution in [0, 0.1) is 0 Å². The van der Waals surface area contributed by atoms with E-state index in [0.717, 1.165) is 24.1 Å². The number of rotatable bonds is 5. The number of imide groups is 1. The van der Waals surface area contributed by atoms with Crippen LogP contribution in [-0.2, 0) is 11.8 Å². The number of nitrogens with one attached hydrogen (secondary N) is 1. The molecular weight excluding hydrogens is 462 g/mol. The molecule has 2 aliphatic heterocycles. The van der Waals surface area contributed by atoms with Gasteiger partial charge in [0, 0.05) is 64.8 Å². The Balaban J connectivity index is 0.00000124. The van der Waals surface area contributed by atoms with E-state index < -0.39 is 6.03 Å². The van der Waals surface area contributed by atoms with Crippen molar-refractivity contribution >= 4 is 17.9 Å². The van der Waals surface area contributed by atoms with Crippen LogP contribution < -0.4 is 10.1 Å². The van der Waals surface area contributed by atoms with Gasteiger partial charge in [-0.05, 0) is 31.0 Å².